The molecule has 0 unspecified atom stereocenters. The highest BCUT2D eigenvalue weighted by Gasteiger charge is 2.21. The number of ether oxygens (including phenoxy) is 1. The smallest absolute Gasteiger partial charge is 0.246 e. The second kappa shape index (κ2) is 13.8. The Morgan fingerprint density at radius 3 is 2.03 bits per heavy atom. The van der Waals surface area contributed by atoms with Crippen LogP contribution in [-0.4, -0.2) is 73.5 Å². The van der Waals surface area contributed by atoms with Gasteiger partial charge in [0.15, 0.2) is 0 Å². The maximum absolute atomic E-state index is 12.0. The molecule has 198 valence electrons. The lowest BCUT2D eigenvalue weighted by Crippen LogP contribution is -2.50. The van der Waals surface area contributed by atoms with E-state index < -0.39 is 0 Å². The van der Waals surface area contributed by atoms with Gasteiger partial charge in [-0.3, -0.25) is 14.6 Å². The number of nitrogens with zero attached hydrogens (tertiary/aromatic N) is 3. The lowest BCUT2D eigenvalue weighted by molar-refractivity contribution is -0.127. The Hall–Kier alpha value is -3.67. The van der Waals surface area contributed by atoms with E-state index in [0.29, 0.717) is 0 Å². The van der Waals surface area contributed by atoms with Gasteiger partial charge in [-0.1, -0.05) is 85.5 Å². The summed E-state index contributed by atoms with van der Waals surface area (Å²) in [7, 11) is 1.70. The SMILES string of the molecule is C=CC(=O)N1CCN(CCN(CC=C(c2ccccc2)c2ccccc2)[C@H](C)c2ccc(OC)cc2)CC1. The maximum atomic E-state index is 12.0. The van der Waals surface area contributed by atoms with Gasteiger partial charge in [-0.2, -0.15) is 0 Å². The van der Waals surface area contributed by atoms with Gasteiger partial charge in [-0.15, -0.1) is 0 Å². The van der Waals surface area contributed by atoms with Crippen LogP contribution in [0, 0.1) is 0 Å². The Morgan fingerprint density at radius 1 is 0.921 bits per heavy atom. The van der Waals surface area contributed by atoms with Crippen LogP contribution in [0.3, 0.4) is 0 Å². The Balaban J connectivity index is 1.54. The molecule has 1 aliphatic heterocycles. The van der Waals surface area contributed by atoms with Crippen molar-refractivity contribution in [2.24, 2.45) is 0 Å². The third-order valence-corrected chi connectivity index (χ3v) is 7.41. The first-order chi connectivity index (χ1) is 18.6. The Morgan fingerprint density at radius 2 is 1.50 bits per heavy atom. The van der Waals surface area contributed by atoms with Crippen molar-refractivity contribution in [2.45, 2.75) is 13.0 Å². The van der Waals surface area contributed by atoms with Gasteiger partial charge in [-0.25, -0.2) is 0 Å². The second-order valence-corrected chi connectivity index (χ2v) is 9.66. The predicted molar refractivity (Wildman–Crippen MR) is 156 cm³/mol. The van der Waals surface area contributed by atoms with E-state index >= 15 is 0 Å². The molecule has 0 saturated carbocycles. The molecule has 0 bridgehead atoms. The Kier molecular flexibility index (Phi) is 9.90. The van der Waals surface area contributed by atoms with Crippen molar-refractivity contribution in [2.75, 3.05) is 52.9 Å². The summed E-state index contributed by atoms with van der Waals surface area (Å²) < 4.78 is 5.38. The van der Waals surface area contributed by atoms with Crippen molar-refractivity contribution < 1.29 is 9.53 Å². The molecule has 1 fully saturated rings. The molecule has 0 N–H and O–H groups in total. The van der Waals surface area contributed by atoms with Crippen molar-refractivity contribution in [3.05, 3.63) is 120 Å². The van der Waals surface area contributed by atoms with Gasteiger partial charge in [0.25, 0.3) is 0 Å². The minimum absolute atomic E-state index is 0.0268. The standard InChI is InChI=1S/C33H39N3O2/c1-4-33(37)36-25-22-34(23-26-36)21-24-35(27(2)28-15-17-31(38-3)18-16-28)20-19-32(29-11-7-5-8-12-29)30-13-9-6-10-14-30/h4-19,27H,1,20-26H2,2-3H3/t27-/m1/s1. The zero-order valence-corrected chi connectivity index (χ0v) is 22.6. The highest BCUT2D eigenvalue weighted by molar-refractivity contribution is 5.87. The number of amides is 1. The minimum Gasteiger partial charge on any atom is -0.497 e. The maximum Gasteiger partial charge on any atom is 0.246 e. The quantitative estimate of drug-likeness (QED) is 0.319. The molecule has 4 rings (SSSR count). The van der Waals surface area contributed by atoms with E-state index in [1.807, 2.05) is 17.0 Å². The molecule has 1 aliphatic rings. The number of benzene rings is 3. The molecule has 3 aromatic carbocycles. The van der Waals surface area contributed by atoms with Gasteiger partial charge in [0.1, 0.15) is 5.75 Å². The first kappa shape index (κ1) is 27.4. The van der Waals surface area contributed by atoms with Crippen LogP contribution in [0.15, 0.2) is 104 Å². The summed E-state index contributed by atoms with van der Waals surface area (Å²) in [5.41, 5.74) is 4.95. The predicted octanol–water partition coefficient (Wildman–Crippen LogP) is 5.52. The number of hydrogen-bond acceptors (Lipinski definition) is 4. The first-order valence-electron chi connectivity index (χ1n) is 13.4. The van der Waals surface area contributed by atoms with Crippen LogP contribution in [-0.2, 0) is 4.79 Å². The van der Waals surface area contributed by atoms with Crippen LogP contribution >= 0.6 is 0 Å². The zero-order valence-electron chi connectivity index (χ0n) is 22.6. The molecule has 0 aromatic heterocycles. The van der Waals surface area contributed by atoms with Gasteiger partial charge in [-0.05, 0) is 47.4 Å². The summed E-state index contributed by atoms with van der Waals surface area (Å²) in [6, 6.07) is 29.9. The molecule has 1 saturated heterocycles. The minimum atomic E-state index is 0.0268. The largest absolute Gasteiger partial charge is 0.497 e. The number of piperazine rings is 1. The number of methoxy groups -OCH3 is 1. The summed E-state index contributed by atoms with van der Waals surface area (Å²) >= 11 is 0. The lowest BCUT2D eigenvalue weighted by atomic mass is 9.97. The van der Waals surface area contributed by atoms with Crippen molar-refractivity contribution in [1.82, 2.24) is 14.7 Å². The number of carbonyl (C=O) groups excluding carboxylic acids is 1. The van der Waals surface area contributed by atoms with Crippen LogP contribution in [0.25, 0.3) is 5.57 Å². The fourth-order valence-electron chi connectivity index (χ4n) is 4.97. The molecule has 0 aliphatic carbocycles. The molecule has 0 radical (unpaired) electrons. The molecular formula is C33H39N3O2. The van der Waals surface area contributed by atoms with Crippen LogP contribution in [0.5, 0.6) is 5.75 Å². The Bertz CT molecular complexity index is 1140. The van der Waals surface area contributed by atoms with Gasteiger partial charge in [0, 0.05) is 51.9 Å². The van der Waals surface area contributed by atoms with E-state index in [1.165, 1.54) is 28.3 Å². The monoisotopic (exact) mass is 509 g/mol. The van der Waals surface area contributed by atoms with E-state index in [4.69, 9.17) is 4.74 Å². The normalized spacial score (nSPS) is 14.7. The first-order valence-corrected chi connectivity index (χ1v) is 13.4. The molecule has 38 heavy (non-hydrogen) atoms. The van der Waals surface area contributed by atoms with Crippen LogP contribution < -0.4 is 4.74 Å². The fraction of sp³-hybridized carbons (Fsp3) is 0.303. The van der Waals surface area contributed by atoms with E-state index in [9.17, 15) is 4.79 Å². The number of hydrogen-bond donors (Lipinski definition) is 0. The molecule has 1 amide bonds. The van der Waals surface area contributed by atoms with Crippen molar-refractivity contribution >= 4 is 11.5 Å². The van der Waals surface area contributed by atoms with Crippen LogP contribution in [0.2, 0.25) is 0 Å². The van der Waals surface area contributed by atoms with Gasteiger partial charge >= 0.3 is 0 Å². The highest BCUT2D eigenvalue weighted by atomic mass is 16.5. The molecular weight excluding hydrogens is 470 g/mol. The van der Waals surface area contributed by atoms with Crippen molar-refractivity contribution in [1.29, 1.82) is 0 Å². The molecule has 5 heteroatoms. The van der Waals surface area contributed by atoms with Crippen LogP contribution in [0.1, 0.15) is 29.7 Å². The van der Waals surface area contributed by atoms with E-state index in [1.54, 1.807) is 7.11 Å². The van der Waals surface area contributed by atoms with Gasteiger partial charge in [0.05, 0.1) is 7.11 Å². The summed E-state index contributed by atoms with van der Waals surface area (Å²) in [6.45, 7) is 11.9. The molecule has 0 spiro atoms. The van der Waals surface area contributed by atoms with Gasteiger partial charge in [0.2, 0.25) is 5.91 Å². The molecule has 3 aromatic rings. The lowest BCUT2D eigenvalue weighted by Gasteiger charge is -2.36. The summed E-state index contributed by atoms with van der Waals surface area (Å²) in [6.07, 6.45) is 3.78. The highest BCUT2D eigenvalue weighted by Crippen LogP contribution is 2.26. The number of carbonyl (C=O) groups is 1. The third kappa shape index (κ3) is 7.21. The average Bonchev–Trinajstić information content (AvgIpc) is 2.99. The Labute approximate surface area is 227 Å². The fourth-order valence-corrected chi connectivity index (χ4v) is 4.97. The average molecular weight is 510 g/mol. The second-order valence-electron chi connectivity index (χ2n) is 9.66. The topological polar surface area (TPSA) is 36.0 Å². The van der Waals surface area contributed by atoms with Crippen molar-refractivity contribution in [3.63, 3.8) is 0 Å². The zero-order chi connectivity index (χ0) is 26.7. The van der Waals surface area contributed by atoms with Crippen LogP contribution in [0.4, 0.5) is 0 Å². The summed E-state index contributed by atoms with van der Waals surface area (Å²) in [5, 5.41) is 0. The molecule has 1 heterocycles. The van der Waals surface area contributed by atoms with Gasteiger partial charge < -0.3 is 9.64 Å². The summed E-state index contributed by atoms with van der Waals surface area (Å²) in [5.74, 6) is 0.897. The molecule has 5 nitrogen and oxygen atoms in total. The molecule has 1 atom stereocenters. The van der Waals surface area contributed by atoms with E-state index in [-0.39, 0.29) is 11.9 Å². The van der Waals surface area contributed by atoms with E-state index in [2.05, 4.69) is 102 Å². The van der Waals surface area contributed by atoms with Crippen molar-refractivity contribution in [3.8, 4) is 5.75 Å². The van der Waals surface area contributed by atoms with E-state index in [0.717, 1.165) is 51.6 Å². The number of rotatable bonds is 11. The third-order valence-electron chi connectivity index (χ3n) is 7.41. The summed E-state index contributed by atoms with van der Waals surface area (Å²) in [4.78, 5) is 18.9.